The molecule has 0 atom stereocenters. The molecule has 0 saturated heterocycles. The molecule has 0 amide bonds. The van der Waals surface area contributed by atoms with Gasteiger partial charge in [-0.2, -0.15) is 0 Å². The molecular formula is C14H20N2. The number of aryl methyl sites for hydroxylation is 1. The summed E-state index contributed by atoms with van der Waals surface area (Å²) in [5.41, 5.74) is 9.40. The van der Waals surface area contributed by atoms with Gasteiger partial charge in [0.1, 0.15) is 0 Å². The predicted molar refractivity (Wildman–Crippen MR) is 66.2 cm³/mol. The maximum atomic E-state index is 6.21. The van der Waals surface area contributed by atoms with E-state index in [0.29, 0.717) is 0 Å². The second-order valence-electron chi connectivity index (χ2n) is 5.45. The Morgan fingerprint density at radius 3 is 2.69 bits per heavy atom. The molecular weight excluding hydrogens is 196 g/mol. The Balaban J connectivity index is 1.74. The van der Waals surface area contributed by atoms with Gasteiger partial charge in [-0.1, -0.05) is 24.3 Å². The van der Waals surface area contributed by atoms with Crippen LogP contribution in [0.25, 0.3) is 0 Å². The van der Waals surface area contributed by atoms with E-state index in [1.165, 1.54) is 43.4 Å². The van der Waals surface area contributed by atoms with Gasteiger partial charge in [0, 0.05) is 18.6 Å². The molecule has 1 aliphatic carbocycles. The van der Waals surface area contributed by atoms with Gasteiger partial charge in [-0.25, -0.2) is 0 Å². The lowest BCUT2D eigenvalue weighted by molar-refractivity contribution is 0.245. The average molecular weight is 216 g/mol. The number of nitrogens with two attached hydrogens (primary N) is 1. The van der Waals surface area contributed by atoms with Crippen molar-refractivity contribution in [1.29, 1.82) is 0 Å². The first-order valence-corrected chi connectivity index (χ1v) is 6.33. The van der Waals surface area contributed by atoms with Crippen LogP contribution < -0.4 is 5.73 Å². The van der Waals surface area contributed by atoms with Gasteiger partial charge in [-0.15, -0.1) is 0 Å². The lowest BCUT2D eigenvalue weighted by Gasteiger charge is -2.23. The molecule has 0 aromatic heterocycles. The van der Waals surface area contributed by atoms with Gasteiger partial charge in [0.25, 0.3) is 0 Å². The smallest absolute Gasteiger partial charge is 0.0284 e. The van der Waals surface area contributed by atoms with Crippen molar-refractivity contribution < 1.29 is 0 Å². The van der Waals surface area contributed by atoms with Crippen LogP contribution in [-0.4, -0.2) is 23.5 Å². The molecule has 0 bridgehead atoms. The summed E-state index contributed by atoms with van der Waals surface area (Å²) in [6.45, 7) is 3.38. The van der Waals surface area contributed by atoms with Crippen LogP contribution in [0.15, 0.2) is 24.3 Å². The summed E-state index contributed by atoms with van der Waals surface area (Å²) in [4.78, 5) is 2.54. The zero-order valence-corrected chi connectivity index (χ0v) is 9.78. The quantitative estimate of drug-likeness (QED) is 0.818. The predicted octanol–water partition coefficient (Wildman–Crippen LogP) is 1.93. The fourth-order valence-corrected chi connectivity index (χ4v) is 2.67. The summed E-state index contributed by atoms with van der Waals surface area (Å²) in [6, 6.07) is 8.84. The van der Waals surface area contributed by atoms with E-state index in [1.807, 2.05) is 0 Å². The third kappa shape index (κ3) is 2.13. The average Bonchev–Trinajstić information content (AvgIpc) is 3.01. The van der Waals surface area contributed by atoms with Crippen LogP contribution in [0.3, 0.4) is 0 Å². The lowest BCUT2D eigenvalue weighted by atomic mass is 10.0. The Hall–Kier alpha value is -0.860. The van der Waals surface area contributed by atoms with Gasteiger partial charge >= 0.3 is 0 Å². The molecule has 1 fully saturated rings. The molecule has 1 heterocycles. The van der Waals surface area contributed by atoms with Crippen LogP contribution in [0.2, 0.25) is 0 Å². The third-order valence-corrected chi connectivity index (χ3v) is 3.86. The SMILES string of the molecule is NC1(CN2CCCc3ccccc3C2)CC1. The van der Waals surface area contributed by atoms with E-state index in [-0.39, 0.29) is 5.54 Å². The minimum Gasteiger partial charge on any atom is -0.324 e. The Morgan fingerprint density at radius 2 is 1.94 bits per heavy atom. The normalized spacial score (nSPS) is 23.6. The van der Waals surface area contributed by atoms with Crippen molar-refractivity contribution in [2.24, 2.45) is 5.73 Å². The van der Waals surface area contributed by atoms with Crippen molar-refractivity contribution in [3.63, 3.8) is 0 Å². The van der Waals surface area contributed by atoms with Crippen LogP contribution >= 0.6 is 0 Å². The number of hydrogen-bond donors (Lipinski definition) is 1. The largest absolute Gasteiger partial charge is 0.324 e. The van der Waals surface area contributed by atoms with Gasteiger partial charge < -0.3 is 5.73 Å². The molecule has 1 aromatic carbocycles. The minimum absolute atomic E-state index is 0.152. The van der Waals surface area contributed by atoms with Gasteiger partial charge in [-0.3, -0.25) is 4.90 Å². The van der Waals surface area contributed by atoms with Crippen molar-refractivity contribution in [3.05, 3.63) is 35.4 Å². The standard InChI is InChI=1S/C14H20N2/c15-14(7-8-14)11-16-9-3-6-12-4-1-2-5-13(12)10-16/h1-2,4-5H,3,6-11,15H2. The first-order chi connectivity index (χ1) is 7.75. The monoisotopic (exact) mass is 216 g/mol. The summed E-state index contributed by atoms with van der Waals surface area (Å²) >= 11 is 0. The minimum atomic E-state index is 0.152. The lowest BCUT2D eigenvalue weighted by Crippen LogP contribution is -2.39. The first kappa shape index (κ1) is 10.3. The van der Waals surface area contributed by atoms with Gasteiger partial charge in [0.2, 0.25) is 0 Å². The molecule has 2 N–H and O–H groups in total. The highest BCUT2D eigenvalue weighted by atomic mass is 15.2. The molecule has 2 aliphatic rings. The molecule has 86 valence electrons. The topological polar surface area (TPSA) is 29.3 Å². The number of rotatable bonds is 2. The number of fused-ring (bicyclic) bond motifs is 1. The van der Waals surface area contributed by atoms with Crippen LogP contribution in [0.5, 0.6) is 0 Å². The van der Waals surface area contributed by atoms with E-state index in [0.717, 1.165) is 13.1 Å². The highest BCUT2D eigenvalue weighted by molar-refractivity contribution is 5.28. The number of benzene rings is 1. The molecule has 16 heavy (non-hydrogen) atoms. The highest BCUT2D eigenvalue weighted by Gasteiger charge is 2.39. The second kappa shape index (κ2) is 3.86. The summed E-state index contributed by atoms with van der Waals surface area (Å²) < 4.78 is 0. The Morgan fingerprint density at radius 1 is 1.19 bits per heavy atom. The van der Waals surface area contributed by atoms with E-state index >= 15 is 0 Å². The maximum absolute atomic E-state index is 6.21. The summed E-state index contributed by atoms with van der Waals surface area (Å²) in [5.74, 6) is 0. The first-order valence-electron chi connectivity index (χ1n) is 6.33. The van der Waals surface area contributed by atoms with Crippen molar-refractivity contribution in [2.75, 3.05) is 13.1 Å². The van der Waals surface area contributed by atoms with E-state index in [4.69, 9.17) is 5.73 Å². The van der Waals surface area contributed by atoms with Crippen molar-refractivity contribution in [1.82, 2.24) is 4.90 Å². The van der Waals surface area contributed by atoms with Gasteiger partial charge in [0.05, 0.1) is 0 Å². The molecule has 2 nitrogen and oxygen atoms in total. The molecule has 0 spiro atoms. The fraction of sp³-hybridized carbons (Fsp3) is 0.571. The molecule has 2 heteroatoms. The summed E-state index contributed by atoms with van der Waals surface area (Å²) in [7, 11) is 0. The van der Waals surface area contributed by atoms with Crippen molar-refractivity contribution >= 4 is 0 Å². The second-order valence-corrected chi connectivity index (χ2v) is 5.45. The van der Waals surface area contributed by atoms with E-state index < -0.39 is 0 Å². The molecule has 1 saturated carbocycles. The van der Waals surface area contributed by atoms with Crippen LogP contribution in [0.4, 0.5) is 0 Å². The Labute approximate surface area is 97.4 Å². The van der Waals surface area contributed by atoms with Crippen molar-refractivity contribution in [3.8, 4) is 0 Å². The Kier molecular flexibility index (Phi) is 2.49. The molecule has 3 rings (SSSR count). The highest BCUT2D eigenvalue weighted by Crippen LogP contribution is 2.34. The Bertz CT molecular complexity index is 382. The molecule has 0 radical (unpaired) electrons. The number of nitrogens with zero attached hydrogens (tertiary/aromatic N) is 1. The number of hydrogen-bond acceptors (Lipinski definition) is 2. The zero-order valence-electron chi connectivity index (χ0n) is 9.78. The maximum Gasteiger partial charge on any atom is 0.0284 e. The van der Waals surface area contributed by atoms with Gasteiger partial charge in [0.15, 0.2) is 0 Å². The van der Waals surface area contributed by atoms with E-state index in [1.54, 1.807) is 0 Å². The summed E-state index contributed by atoms with van der Waals surface area (Å²) in [6.07, 6.45) is 4.92. The van der Waals surface area contributed by atoms with Crippen LogP contribution in [0.1, 0.15) is 30.4 Å². The summed E-state index contributed by atoms with van der Waals surface area (Å²) in [5, 5.41) is 0. The fourth-order valence-electron chi connectivity index (χ4n) is 2.67. The van der Waals surface area contributed by atoms with E-state index in [9.17, 15) is 0 Å². The molecule has 1 aromatic rings. The van der Waals surface area contributed by atoms with Crippen molar-refractivity contribution in [2.45, 2.75) is 37.8 Å². The molecule has 0 unspecified atom stereocenters. The van der Waals surface area contributed by atoms with Crippen LogP contribution in [-0.2, 0) is 13.0 Å². The third-order valence-electron chi connectivity index (χ3n) is 3.86. The molecule has 1 aliphatic heterocycles. The van der Waals surface area contributed by atoms with Crippen LogP contribution in [0, 0.1) is 0 Å². The zero-order chi connectivity index (χ0) is 11.0. The van der Waals surface area contributed by atoms with E-state index in [2.05, 4.69) is 29.2 Å². The van der Waals surface area contributed by atoms with Gasteiger partial charge in [-0.05, 0) is 43.4 Å².